The molecule has 0 amide bonds. The number of hydrogen-bond acceptors (Lipinski definition) is 14. The fraction of sp³-hybridized carbons (Fsp3) is 0.387. The second kappa shape index (κ2) is 33.7. The number of benzene rings is 6. The Bertz CT molecular complexity index is 2760. The van der Waals surface area contributed by atoms with E-state index in [9.17, 15) is 9.59 Å². The largest absolute Gasteiger partial charge is 0.427 e. The number of aryl methyl sites for hydroxylation is 4. The summed E-state index contributed by atoms with van der Waals surface area (Å²) in [6, 6.07) is 39.0. The average Bonchev–Trinajstić information content (AvgIpc) is 4.36. The van der Waals surface area contributed by atoms with Gasteiger partial charge in [-0.3, -0.25) is 9.59 Å². The van der Waals surface area contributed by atoms with E-state index < -0.39 is 0 Å². The van der Waals surface area contributed by atoms with Gasteiger partial charge in [0.15, 0.2) is 26.9 Å². The van der Waals surface area contributed by atoms with Crippen molar-refractivity contribution in [2.45, 2.75) is 148 Å². The summed E-state index contributed by atoms with van der Waals surface area (Å²) in [6.45, 7) is 21.2. The highest BCUT2D eigenvalue weighted by Crippen LogP contribution is 2.26. The lowest BCUT2D eigenvalue weighted by Crippen LogP contribution is -2.24. The SMILES string of the molecule is CB1CCc2ccc(SCN)cc21.CB1CCc2ccc(SCO)cc21.CB1CCc2ccc(SCO)cc21.CB1CCc2ccc(SCO)cc21.CB1OCc2ccc(SCC(C)=O)cc21.CB1OCc2ccc(SCC(C)=O)cc21. The molecule has 82 heavy (non-hydrogen) atoms. The highest BCUT2D eigenvalue weighted by molar-refractivity contribution is 8.00. The number of aliphatic hydroxyl groups excluding tert-OH is 3. The zero-order valence-electron chi connectivity index (χ0n) is 49.2. The molecule has 0 radical (unpaired) electrons. The van der Waals surface area contributed by atoms with Crippen LogP contribution in [0.1, 0.15) is 47.2 Å². The summed E-state index contributed by atoms with van der Waals surface area (Å²) in [5.74, 6) is 2.72. The van der Waals surface area contributed by atoms with Crippen molar-refractivity contribution in [3.05, 3.63) is 143 Å². The topological polar surface area (TPSA) is 139 Å². The first-order chi connectivity index (χ1) is 39.6. The molecule has 0 aliphatic carbocycles. The van der Waals surface area contributed by atoms with Crippen molar-refractivity contribution in [1.29, 1.82) is 0 Å². The van der Waals surface area contributed by atoms with Crippen molar-refractivity contribution >= 4 is 156 Å². The average molecular weight is 1210 g/mol. The van der Waals surface area contributed by atoms with Crippen LogP contribution in [0, 0.1) is 0 Å². The van der Waals surface area contributed by atoms with Crippen molar-refractivity contribution in [2.24, 2.45) is 5.73 Å². The number of rotatable bonds is 14. The standard InChI is InChI=1S/2C11H13BO2S.C10H14BNS.3C10H13BOS/c2*1-8(13)7-15-10-4-3-9-6-14-12(2)11(9)5-10;4*1-11-5-4-8-2-3-9(13-7-12)6-10(8)11/h2*3-5H,6-7H2,1-2H3;2-3,6H,4-5,7,12H2,1H3;3*2-3,6,12H,4-5,7H2,1H3. The summed E-state index contributed by atoms with van der Waals surface area (Å²) in [5.41, 5.74) is 22.6. The Morgan fingerprint density at radius 3 is 0.927 bits per heavy atom. The van der Waals surface area contributed by atoms with Crippen LogP contribution in [-0.4, -0.2) is 103 Å². The van der Waals surface area contributed by atoms with Crippen molar-refractivity contribution in [3.63, 3.8) is 0 Å². The minimum absolute atomic E-state index is 0.174. The summed E-state index contributed by atoms with van der Waals surface area (Å²) in [5, 5.41) is 26.4. The van der Waals surface area contributed by atoms with Gasteiger partial charge in [0.05, 0.1) is 42.5 Å². The van der Waals surface area contributed by atoms with E-state index in [0.717, 1.165) is 16.5 Å². The molecule has 0 saturated heterocycles. The predicted molar refractivity (Wildman–Crippen MR) is 366 cm³/mol. The Balaban J connectivity index is 0.000000142. The lowest BCUT2D eigenvalue weighted by atomic mass is 9.48. The Labute approximate surface area is 517 Å². The first-order valence-electron chi connectivity index (χ1n) is 28.9. The molecule has 0 atom stereocenters. The number of aliphatic hydroxyl groups is 3. The maximum absolute atomic E-state index is 10.9. The second-order valence-electron chi connectivity index (χ2n) is 21.9. The van der Waals surface area contributed by atoms with Gasteiger partial charge in [0.25, 0.3) is 0 Å². The quantitative estimate of drug-likeness (QED) is 0.0468. The van der Waals surface area contributed by atoms with E-state index in [1.54, 1.807) is 54.6 Å². The molecule has 8 nitrogen and oxygen atoms in total. The van der Waals surface area contributed by atoms with E-state index >= 15 is 0 Å². The molecule has 428 valence electrons. The minimum Gasteiger partial charge on any atom is -0.427 e. The summed E-state index contributed by atoms with van der Waals surface area (Å²) in [4.78, 5) is 28.9. The van der Waals surface area contributed by atoms with Gasteiger partial charge >= 0.3 is 13.8 Å². The number of hydrogen-bond donors (Lipinski definition) is 4. The third kappa shape index (κ3) is 19.5. The van der Waals surface area contributed by atoms with Crippen molar-refractivity contribution < 1.29 is 34.2 Å². The number of carbonyl (C=O) groups is 2. The summed E-state index contributed by atoms with van der Waals surface area (Å²) in [7, 11) is 0. The normalized spacial score (nSPS) is 14.5. The third-order valence-corrected chi connectivity index (χ3v) is 21.1. The van der Waals surface area contributed by atoms with Gasteiger partial charge in [-0.2, -0.15) is 0 Å². The Kier molecular flexibility index (Phi) is 27.3. The van der Waals surface area contributed by atoms with Gasteiger partial charge in [0.2, 0.25) is 0 Å². The van der Waals surface area contributed by atoms with Crippen molar-refractivity contribution in [2.75, 3.05) is 35.2 Å². The van der Waals surface area contributed by atoms with Gasteiger partial charge in [-0.25, -0.2) is 0 Å². The molecule has 0 saturated carbocycles. The van der Waals surface area contributed by atoms with Crippen LogP contribution in [0.15, 0.2) is 139 Å². The van der Waals surface area contributed by atoms with E-state index in [4.69, 9.17) is 30.4 Å². The molecule has 0 bridgehead atoms. The molecule has 0 spiro atoms. The van der Waals surface area contributed by atoms with Crippen LogP contribution >= 0.6 is 70.6 Å². The molecular formula is C62H79B6NO7S6. The van der Waals surface area contributed by atoms with E-state index in [1.807, 2.05) is 0 Å². The smallest absolute Gasteiger partial charge is 0.324 e. The minimum atomic E-state index is 0.174. The van der Waals surface area contributed by atoms with Crippen LogP contribution in [0.3, 0.4) is 0 Å². The zero-order valence-corrected chi connectivity index (χ0v) is 54.1. The molecule has 6 aromatic rings. The number of nitrogens with two attached hydrogens (primary N) is 1. The summed E-state index contributed by atoms with van der Waals surface area (Å²) >= 11 is 9.40. The number of ketones is 2. The van der Waals surface area contributed by atoms with E-state index in [-0.39, 0.29) is 43.2 Å². The van der Waals surface area contributed by atoms with E-state index in [0.29, 0.717) is 50.7 Å². The van der Waals surface area contributed by atoms with Gasteiger partial charge in [-0.05, 0) is 98.0 Å². The second-order valence-corrected chi connectivity index (χ2v) is 28.2. The molecular weight excluding hydrogens is 1130 g/mol. The molecule has 6 aliphatic heterocycles. The Hall–Kier alpha value is -3.09. The monoisotopic (exact) mass is 1210 g/mol. The highest BCUT2D eigenvalue weighted by atomic mass is 32.2. The fourth-order valence-corrected chi connectivity index (χ4v) is 14.8. The summed E-state index contributed by atoms with van der Waals surface area (Å²) in [6.07, 6.45) is 10.1. The van der Waals surface area contributed by atoms with Crippen LogP contribution in [0.2, 0.25) is 66.2 Å². The third-order valence-electron chi connectivity index (χ3n) is 15.9. The Morgan fingerprint density at radius 1 is 0.402 bits per heavy atom. The van der Waals surface area contributed by atoms with Gasteiger partial charge in [0.1, 0.15) is 11.6 Å². The maximum Gasteiger partial charge on any atom is 0.324 e. The molecule has 0 fully saturated rings. The fourth-order valence-electron chi connectivity index (χ4n) is 11.2. The first-order valence-corrected chi connectivity index (χ1v) is 34.8. The van der Waals surface area contributed by atoms with Crippen LogP contribution in [0.5, 0.6) is 0 Å². The first kappa shape index (κ1) is 66.4. The molecule has 5 N–H and O–H groups in total. The van der Waals surface area contributed by atoms with Crippen LogP contribution < -0.4 is 38.5 Å². The molecule has 6 aromatic carbocycles. The molecule has 6 aliphatic rings. The number of Topliss-reactive ketones (excluding diaryl/α,β-unsaturated/α-hetero) is 2. The maximum atomic E-state index is 10.9. The molecule has 6 heterocycles. The lowest BCUT2D eigenvalue weighted by molar-refractivity contribution is -0.115. The van der Waals surface area contributed by atoms with Gasteiger partial charge in [-0.1, -0.05) is 218 Å². The van der Waals surface area contributed by atoms with E-state index in [1.165, 1.54) is 167 Å². The molecule has 12 rings (SSSR count). The van der Waals surface area contributed by atoms with Crippen LogP contribution in [0.4, 0.5) is 0 Å². The van der Waals surface area contributed by atoms with Gasteiger partial charge in [0, 0.05) is 35.2 Å². The highest BCUT2D eigenvalue weighted by Gasteiger charge is 2.27. The number of thioether (sulfide) groups is 6. The number of carbonyl (C=O) groups excluding carboxylic acids is 2. The van der Waals surface area contributed by atoms with Crippen LogP contribution in [0.25, 0.3) is 0 Å². The van der Waals surface area contributed by atoms with Gasteiger partial charge < -0.3 is 30.4 Å². The van der Waals surface area contributed by atoms with Crippen molar-refractivity contribution in [3.8, 4) is 0 Å². The zero-order chi connectivity index (χ0) is 58.7. The summed E-state index contributed by atoms with van der Waals surface area (Å²) < 4.78 is 11.1. The van der Waals surface area contributed by atoms with Crippen molar-refractivity contribution in [1.82, 2.24) is 0 Å². The molecule has 0 aromatic heterocycles. The van der Waals surface area contributed by atoms with Gasteiger partial charge in [-0.15, -0.1) is 35.3 Å². The molecule has 20 heteroatoms. The predicted octanol–water partition coefficient (Wildman–Crippen LogP) is 9.88. The van der Waals surface area contributed by atoms with Crippen LogP contribution in [-0.2, 0) is 57.8 Å². The molecule has 0 unspecified atom stereocenters. The lowest BCUT2D eigenvalue weighted by Gasteiger charge is -2.05. The number of fused-ring (bicyclic) bond motifs is 6. The Morgan fingerprint density at radius 2 is 0.659 bits per heavy atom. The van der Waals surface area contributed by atoms with E-state index in [2.05, 4.69) is 150 Å².